The second kappa shape index (κ2) is 17.3. The number of rotatable bonds is 17. The first-order valence-corrected chi connectivity index (χ1v) is 10.0. The summed E-state index contributed by atoms with van der Waals surface area (Å²) in [7, 11) is 0. The van der Waals surface area contributed by atoms with E-state index in [0.29, 0.717) is 6.10 Å². The van der Waals surface area contributed by atoms with Crippen LogP contribution >= 0.6 is 0 Å². The van der Waals surface area contributed by atoms with Gasteiger partial charge in [0, 0.05) is 6.61 Å². The highest BCUT2D eigenvalue weighted by Crippen LogP contribution is 2.16. The molecule has 2 nitrogen and oxygen atoms in total. The van der Waals surface area contributed by atoms with Crippen molar-refractivity contribution in [3.05, 3.63) is 0 Å². The van der Waals surface area contributed by atoms with Gasteiger partial charge in [0.25, 0.3) is 0 Å². The van der Waals surface area contributed by atoms with Crippen molar-refractivity contribution in [3.63, 3.8) is 0 Å². The largest absolute Gasteiger partial charge is 0.353 e. The molecule has 0 fully saturated rings. The average Bonchev–Trinajstić information content (AvgIpc) is 2.49. The van der Waals surface area contributed by atoms with Gasteiger partial charge in [-0.15, -0.1) is 0 Å². The maximum absolute atomic E-state index is 5.99. The first-order chi connectivity index (χ1) is 10.7. The van der Waals surface area contributed by atoms with Gasteiger partial charge in [-0.2, -0.15) is 0 Å². The van der Waals surface area contributed by atoms with Crippen LogP contribution in [0.25, 0.3) is 0 Å². The van der Waals surface area contributed by atoms with Crippen molar-refractivity contribution in [2.24, 2.45) is 0 Å². The van der Waals surface area contributed by atoms with Crippen molar-refractivity contribution in [1.29, 1.82) is 0 Å². The standard InChI is InChI=1S/C20H42O2/c1-5-8-9-10-11-12-13-14-15-16-18-20(17-6-2)22-19(4)21-7-3/h19-20H,5-18H2,1-4H3. The SMILES string of the molecule is CCCCCCCCCCCCC(CCC)OC(C)OCC. The Morgan fingerprint density at radius 3 is 1.68 bits per heavy atom. The predicted molar refractivity (Wildman–Crippen MR) is 97.3 cm³/mol. The third kappa shape index (κ3) is 14.8. The van der Waals surface area contributed by atoms with E-state index in [2.05, 4.69) is 13.8 Å². The van der Waals surface area contributed by atoms with Crippen LogP contribution in [0.4, 0.5) is 0 Å². The first-order valence-electron chi connectivity index (χ1n) is 10.0. The number of unbranched alkanes of at least 4 members (excludes halogenated alkanes) is 9. The highest BCUT2D eigenvalue weighted by Gasteiger charge is 2.12. The molecule has 0 N–H and O–H groups in total. The molecular weight excluding hydrogens is 272 g/mol. The summed E-state index contributed by atoms with van der Waals surface area (Å²) in [5.74, 6) is 0. The van der Waals surface area contributed by atoms with Crippen LogP contribution < -0.4 is 0 Å². The molecule has 0 saturated heterocycles. The van der Waals surface area contributed by atoms with E-state index in [4.69, 9.17) is 9.47 Å². The summed E-state index contributed by atoms with van der Waals surface area (Å²) >= 11 is 0. The van der Waals surface area contributed by atoms with Gasteiger partial charge in [0.05, 0.1) is 6.10 Å². The van der Waals surface area contributed by atoms with Gasteiger partial charge in [0.2, 0.25) is 0 Å². The maximum Gasteiger partial charge on any atom is 0.155 e. The van der Waals surface area contributed by atoms with E-state index in [1.165, 1.54) is 77.0 Å². The molecule has 0 bridgehead atoms. The van der Waals surface area contributed by atoms with Crippen molar-refractivity contribution in [3.8, 4) is 0 Å². The molecule has 0 saturated carbocycles. The summed E-state index contributed by atoms with van der Waals surface area (Å²) in [6.07, 6.45) is 17.9. The third-order valence-corrected chi connectivity index (χ3v) is 4.28. The topological polar surface area (TPSA) is 18.5 Å². The van der Waals surface area contributed by atoms with Crippen molar-refractivity contribution in [2.45, 2.75) is 124 Å². The summed E-state index contributed by atoms with van der Waals surface area (Å²) < 4.78 is 11.5. The number of hydrogen-bond donors (Lipinski definition) is 0. The second-order valence-electron chi connectivity index (χ2n) is 6.54. The molecule has 0 aromatic heterocycles. The van der Waals surface area contributed by atoms with Crippen molar-refractivity contribution < 1.29 is 9.47 Å². The lowest BCUT2D eigenvalue weighted by atomic mass is 10.0. The highest BCUT2D eigenvalue weighted by molar-refractivity contribution is 4.59. The minimum atomic E-state index is -0.0512. The smallest absolute Gasteiger partial charge is 0.155 e. The molecule has 0 aromatic carbocycles. The third-order valence-electron chi connectivity index (χ3n) is 4.28. The maximum atomic E-state index is 5.99. The van der Waals surface area contributed by atoms with Gasteiger partial charge in [-0.05, 0) is 26.7 Å². The molecule has 2 atom stereocenters. The Morgan fingerprint density at radius 1 is 0.636 bits per heavy atom. The highest BCUT2D eigenvalue weighted by atomic mass is 16.7. The van der Waals surface area contributed by atoms with Crippen LogP contribution in [0, 0.1) is 0 Å². The van der Waals surface area contributed by atoms with Gasteiger partial charge >= 0.3 is 0 Å². The molecule has 0 heterocycles. The molecular formula is C20H42O2. The van der Waals surface area contributed by atoms with Crippen LogP contribution in [0.1, 0.15) is 111 Å². The minimum absolute atomic E-state index is 0.0512. The molecule has 0 aliphatic carbocycles. The molecule has 2 heteroatoms. The Bertz CT molecular complexity index is 206. The number of ether oxygens (including phenoxy) is 2. The molecule has 0 amide bonds. The summed E-state index contributed by atoms with van der Waals surface area (Å²) in [5.41, 5.74) is 0. The summed E-state index contributed by atoms with van der Waals surface area (Å²) in [6.45, 7) is 9.30. The molecule has 134 valence electrons. The van der Waals surface area contributed by atoms with Gasteiger partial charge in [-0.1, -0.05) is 84.5 Å². The average molecular weight is 315 g/mol. The first kappa shape index (κ1) is 21.9. The van der Waals surface area contributed by atoms with Crippen LogP contribution in [0.3, 0.4) is 0 Å². The van der Waals surface area contributed by atoms with E-state index in [1.807, 2.05) is 13.8 Å². The Morgan fingerprint density at radius 2 is 1.18 bits per heavy atom. The monoisotopic (exact) mass is 314 g/mol. The molecule has 0 spiro atoms. The van der Waals surface area contributed by atoms with Gasteiger partial charge < -0.3 is 9.47 Å². The molecule has 0 aliphatic heterocycles. The lowest BCUT2D eigenvalue weighted by Crippen LogP contribution is -2.22. The van der Waals surface area contributed by atoms with Crippen molar-refractivity contribution in [1.82, 2.24) is 0 Å². The van der Waals surface area contributed by atoms with E-state index < -0.39 is 0 Å². The van der Waals surface area contributed by atoms with E-state index in [1.54, 1.807) is 0 Å². The quantitative estimate of drug-likeness (QED) is 0.215. The lowest BCUT2D eigenvalue weighted by Gasteiger charge is -2.22. The second-order valence-corrected chi connectivity index (χ2v) is 6.54. The van der Waals surface area contributed by atoms with E-state index >= 15 is 0 Å². The van der Waals surface area contributed by atoms with Crippen LogP contribution in [0.2, 0.25) is 0 Å². The fraction of sp³-hybridized carbons (Fsp3) is 1.00. The minimum Gasteiger partial charge on any atom is -0.353 e. The molecule has 0 rings (SSSR count). The van der Waals surface area contributed by atoms with E-state index in [0.717, 1.165) is 13.0 Å². The van der Waals surface area contributed by atoms with Crippen LogP contribution in [0.5, 0.6) is 0 Å². The van der Waals surface area contributed by atoms with Crippen LogP contribution in [-0.4, -0.2) is 19.0 Å². The van der Waals surface area contributed by atoms with E-state index in [9.17, 15) is 0 Å². The Labute approximate surface area is 140 Å². The molecule has 0 radical (unpaired) electrons. The molecule has 0 aromatic rings. The zero-order valence-corrected chi connectivity index (χ0v) is 15.9. The van der Waals surface area contributed by atoms with Crippen LogP contribution in [0.15, 0.2) is 0 Å². The summed E-state index contributed by atoms with van der Waals surface area (Å²) in [6, 6.07) is 0. The zero-order chi connectivity index (χ0) is 16.5. The van der Waals surface area contributed by atoms with Crippen molar-refractivity contribution in [2.75, 3.05) is 6.61 Å². The van der Waals surface area contributed by atoms with Crippen LogP contribution in [-0.2, 0) is 9.47 Å². The van der Waals surface area contributed by atoms with E-state index in [-0.39, 0.29) is 6.29 Å². The van der Waals surface area contributed by atoms with Gasteiger partial charge in [0.15, 0.2) is 6.29 Å². The fourth-order valence-corrected chi connectivity index (χ4v) is 3.01. The predicted octanol–water partition coefficient (Wildman–Crippen LogP) is 6.87. The Kier molecular flexibility index (Phi) is 17.2. The van der Waals surface area contributed by atoms with Crippen molar-refractivity contribution >= 4 is 0 Å². The summed E-state index contributed by atoms with van der Waals surface area (Å²) in [5, 5.41) is 0. The van der Waals surface area contributed by atoms with Gasteiger partial charge in [-0.25, -0.2) is 0 Å². The molecule has 2 unspecified atom stereocenters. The number of hydrogen-bond acceptors (Lipinski definition) is 2. The van der Waals surface area contributed by atoms with Gasteiger partial charge in [0.1, 0.15) is 0 Å². The lowest BCUT2D eigenvalue weighted by molar-refractivity contribution is -0.160. The Balaban J connectivity index is 3.47. The molecule has 22 heavy (non-hydrogen) atoms. The fourth-order valence-electron chi connectivity index (χ4n) is 3.01. The molecule has 0 aliphatic rings. The van der Waals surface area contributed by atoms with Gasteiger partial charge in [-0.3, -0.25) is 0 Å². The Hall–Kier alpha value is -0.0800. The zero-order valence-electron chi connectivity index (χ0n) is 15.9. The summed E-state index contributed by atoms with van der Waals surface area (Å²) in [4.78, 5) is 0. The normalized spacial score (nSPS) is 14.2.